The molecule has 0 atom stereocenters. The van der Waals surface area contributed by atoms with Gasteiger partial charge in [-0.2, -0.15) is 0 Å². The molecule has 1 aliphatic rings. The summed E-state index contributed by atoms with van der Waals surface area (Å²) >= 11 is 1.24. The molecule has 8 heteroatoms. The van der Waals surface area contributed by atoms with E-state index in [0.29, 0.717) is 12.3 Å². The number of rotatable bonds is 5. The van der Waals surface area contributed by atoms with Gasteiger partial charge in [-0.25, -0.2) is 4.79 Å². The molecular formula is C16H20N4O3S. The van der Waals surface area contributed by atoms with Crippen LogP contribution in [0.2, 0.25) is 0 Å². The highest BCUT2D eigenvalue weighted by atomic mass is 32.1. The highest BCUT2D eigenvalue weighted by molar-refractivity contribution is 7.10. The molecule has 0 unspecified atom stereocenters. The summed E-state index contributed by atoms with van der Waals surface area (Å²) in [5.41, 5.74) is 1.40. The number of methoxy groups -OCH3 is 1. The van der Waals surface area contributed by atoms with Crippen molar-refractivity contribution in [2.24, 2.45) is 0 Å². The molecule has 128 valence electrons. The number of anilines is 2. The van der Waals surface area contributed by atoms with Gasteiger partial charge in [0, 0.05) is 37.7 Å². The number of carbonyl (C=O) groups is 1. The second kappa shape index (κ2) is 7.48. The average Bonchev–Trinajstić information content (AvgIpc) is 3.12. The molecule has 1 saturated heterocycles. The van der Waals surface area contributed by atoms with Crippen molar-refractivity contribution in [3.05, 3.63) is 30.0 Å². The summed E-state index contributed by atoms with van der Waals surface area (Å²) in [6.07, 6.45) is 0. The van der Waals surface area contributed by atoms with E-state index in [1.54, 1.807) is 14.0 Å². The fraction of sp³-hybridized carbons (Fsp3) is 0.438. The Labute approximate surface area is 144 Å². The van der Waals surface area contributed by atoms with Gasteiger partial charge in [0.2, 0.25) is 5.69 Å². The van der Waals surface area contributed by atoms with Crippen LogP contribution in [0, 0.1) is 0 Å². The maximum atomic E-state index is 12.0. The van der Waals surface area contributed by atoms with E-state index in [4.69, 9.17) is 9.47 Å². The van der Waals surface area contributed by atoms with E-state index in [-0.39, 0.29) is 0 Å². The number of aromatic nitrogens is 2. The van der Waals surface area contributed by atoms with Gasteiger partial charge in [0.1, 0.15) is 10.8 Å². The van der Waals surface area contributed by atoms with E-state index >= 15 is 0 Å². The number of ether oxygens (including phenoxy) is 2. The lowest BCUT2D eigenvalue weighted by Crippen LogP contribution is -2.46. The zero-order chi connectivity index (χ0) is 16.9. The fourth-order valence-electron chi connectivity index (χ4n) is 2.76. The number of hydrogen-bond acceptors (Lipinski definition) is 8. The summed E-state index contributed by atoms with van der Waals surface area (Å²) in [6.45, 7) is 5.35. The largest absolute Gasteiger partial charge is 0.495 e. The molecule has 7 nitrogen and oxygen atoms in total. The molecule has 0 saturated carbocycles. The zero-order valence-electron chi connectivity index (χ0n) is 13.8. The Kier molecular flexibility index (Phi) is 5.14. The van der Waals surface area contributed by atoms with Crippen molar-refractivity contribution < 1.29 is 14.3 Å². The lowest BCUT2D eigenvalue weighted by molar-refractivity contribution is 0.0520. The molecule has 1 aromatic heterocycles. The zero-order valence-corrected chi connectivity index (χ0v) is 14.6. The summed E-state index contributed by atoms with van der Waals surface area (Å²) in [4.78, 5) is 16.4. The molecule has 0 bridgehead atoms. The van der Waals surface area contributed by atoms with Gasteiger partial charge in [0.15, 0.2) is 0 Å². The Bertz CT molecular complexity index is 698. The Morgan fingerprint density at radius 2 is 1.92 bits per heavy atom. The van der Waals surface area contributed by atoms with Crippen LogP contribution in [0.1, 0.15) is 17.4 Å². The van der Waals surface area contributed by atoms with Gasteiger partial charge in [0.25, 0.3) is 0 Å². The SMILES string of the molecule is CCOC(=O)c1nnsc1N1CCN(c2ccccc2OC)CC1. The molecule has 24 heavy (non-hydrogen) atoms. The van der Waals surface area contributed by atoms with Crippen LogP contribution >= 0.6 is 11.5 Å². The molecular weight excluding hydrogens is 328 g/mol. The molecule has 1 aliphatic heterocycles. The van der Waals surface area contributed by atoms with Crippen LogP contribution in [-0.4, -0.2) is 55.5 Å². The second-order valence-electron chi connectivity index (χ2n) is 5.29. The van der Waals surface area contributed by atoms with Crippen molar-refractivity contribution >= 4 is 28.2 Å². The first-order valence-electron chi connectivity index (χ1n) is 7.87. The molecule has 0 N–H and O–H groups in total. The van der Waals surface area contributed by atoms with Crippen LogP contribution < -0.4 is 14.5 Å². The van der Waals surface area contributed by atoms with Crippen LogP contribution in [0.5, 0.6) is 5.75 Å². The lowest BCUT2D eigenvalue weighted by Gasteiger charge is -2.36. The van der Waals surface area contributed by atoms with Crippen molar-refractivity contribution in [2.45, 2.75) is 6.92 Å². The quantitative estimate of drug-likeness (QED) is 0.766. The lowest BCUT2D eigenvalue weighted by atomic mass is 10.2. The number of para-hydroxylation sites is 2. The first-order chi connectivity index (χ1) is 11.7. The molecule has 0 spiro atoms. The minimum atomic E-state index is -0.409. The standard InChI is InChI=1S/C16H20N4O3S/c1-3-23-16(21)14-15(24-18-17-14)20-10-8-19(9-11-20)12-6-4-5-7-13(12)22-2/h4-7H,3,8-11H2,1-2H3. The third kappa shape index (κ3) is 3.28. The van der Waals surface area contributed by atoms with Crippen LogP contribution in [0.15, 0.2) is 24.3 Å². The third-order valence-corrected chi connectivity index (χ3v) is 4.72. The van der Waals surface area contributed by atoms with Crippen molar-refractivity contribution in [3.8, 4) is 5.75 Å². The van der Waals surface area contributed by atoms with Crippen LogP contribution in [0.4, 0.5) is 10.7 Å². The summed E-state index contributed by atoms with van der Waals surface area (Å²) in [5.74, 6) is 0.464. The van der Waals surface area contributed by atoms with E-state index in [9.17, 15) is 4.79 Å². The number of benzene rings is 1. The van der Waals surface area contributed by atoms with E-state index in [1.165, 1.54) is 11.5 Å². The monoisotopic (exact) mass is 348 g/mol. The number of hydrogen-bond donors (Lipinski definition) is 0. The van der Waals surface area contributed by atoms with Crippen molar-refractivity contribution in [1.29, 1.82) is 0 Å². The highest BCUT2D eigenvalue weighted by Crippen LogP contribution is 2.30. The molecule has 1 fully saturated rings. The highest BCUT2D eigenvalue weighted by Gasteiger charge is 2.26. The molecule has 0 aliphatic carbocycles. The van der Waals surface area contributed by atoms with E-state index in [1.807, 2.05) is 18.2 Å². The maximum Gasteiger partial charge on any atom is 0.362 e. The van der Waals surface area contributed by atoms with Gasteiger partial charge in [-0.1, -0.05) is 16.6 Å². The van der Waals surface area contributed by atoms with Gasteiger partial charge in [-0.05, 0) is 19.1 Å². The predicted octanol–water partition coefficient (Wildman–Crippen LogP) is 2.05. The van der Waals surface area contributed by atoms with Gasteiger partial charge >= 0.3 is 5.97 Å². The molecule has 1 aromatic carbocycles. The molecule has 0 amide bonds. The normalized spacial score (nSPS) is 14.6. The Morgan fingerprint density at radius 1 is 1.21 bits per heavy atom. The maximum absolute atomic E-state index is 12.0. The number of esters is 1. The van der Waals surface area contributed by atoms with E-state index in [2.05, 4.69) is 25.5 Å². The third-order valence-electron chi connectivity index (χ3n) is 3.93. The number of nitrogens with zero attached hydrogens (tertiary/aromatic N) is 4. The Balaban J connectivity index is 1.70. The van der Waals surface area contributed by atoms with E-state index in [0.717, 1.165) is 42.6 Å². The number of carbonyl (C=O) groups excluding carboxylic acids is 1. The second-order valence-corrected chi connectivity index (χ2v) is 6.03. The fourth-order valence-corrected chi connectivity index (χ4v) is 3.47. The summed E-state index contributed by atoms with van der Waals surface area (Å²) in [5, 5.41) is 4.72. The van der Waals surface area contributed by atoms with Gasteiger partial charge in [-0.15, -0.1) is 5.10 Å². The first-order valence-corrected chi connectivity index (χ1v) is 8.64. The minimum absolute atomic E-state index is 0.313. The first kappa shape index (κ1) is 16.5. The smallest absolute Gasteiger partial charge is 0.362 e. The summed E-state index contributed by atoms with van der Waals surface area (Å²) in [6, 6.07) is 8.00. The van der Waals surface area contributed by atoms with Crippen LogP contribution in [-0.2, 0) is 4.74 Å². The predicted molar refractivity (Wildman–Crippen MR) is 93.3 cm³/mol. The van der Waals surface area contributed by atoms with Gasteiger partial charge in [0.05, 0.1) is 19.4 Å². The van der Waals surface area contributed by atoms with Gasteiger partial charge in [-0.3, -0.25) is 0 Å². The summed E-state index contributed by atoms with van der Waals surface area (Å²) in [7, 11) is 1.68. The summed E-state index contributed by atoms with van der Waals surface area (Å²) < 4.78 is 14.4. The van der Waals surface area contributed by atoms with Crippen molar-refractivity contribution in [3.63, 3.8) is 0 Å². The average molecular weight is 348 g/mol. The Morgan fingerprint density at radius 3 is 2.62 bits per heavy atom. The van der Waals surface area contributed by atoms with E-state index < -0.39 is 5.97 Å². The number of piperazine rings is 1. The van der Waals surface area contributed by atoms with Crippen molar-refractivity contribution in [1.82, 2.24) is 9.59 Å². The molecule has 0 radical (unpaired) electrons. The van der Waals surface area contributed by atoms with Crippen LogP contribution in [0.3, 0.4) is 0 Å². The van der Waals surface area contributed by atoms with Gasteiger partial charge < -0.3 is 19.3 Å². The topological polar surface area (TPSA) is 67.8 Å². The Hall–Kier alpha value is -2.35. The molecule has 2 heterocycles. The van der Waals surface area contributed by atoms with Crippen molar-refractivity contribution in [2.75, 3.05) is 49.7 Å². The molecule has 2 aromatic rings. The minimum Gasteiger partial charge on any atom is -0.495 e. The molecule has 3 rings (SSSR count). The van der Waals surface area contributed by atoms with Crippen LogP contribution in [0.25, 0.3) is 0 Å².